The summed E-state index contributed by atoms with van der Waals surface area (Å²) >= 11 is 1.44. The maximum absolute atomic E-state index is 12.2. The summed E-state index contributed by atoms with van der Waals surface area (Å²) < 4.78 is 10.6. The fourth-order valence-electron chi connectivity index (χ4n) is 2.50. The average Bonchev–Trinajstić information content (AvgIpc) is 3.23. The van der Waals surface area contributed by atoms with Gasteiger partial charge in [0.25, 0.3) is 0 Å². The molecule has 4 rings (SSSR count). The molecule has 7 nitrogen and oxygen atoms in total. The van der Waals surface area contributed by atoms with Crippen molar-refractivity contribution in [3.8, 4) is 11.5 Å². The molecule has 26 heavy (non-hydrogen) atoms. The molecule has 0 unspecified atom stereocenters. The highest BCUT2D eigenvalue weighted by atomic mass is 32.1. The van der Waals surface area contributed by atoms with Gasteiger partial charge < -0.3 is 20.1 Å². The van der Waals surface area contributed by atoms with Gasteiger partial charge in [0.1, 0.15) is 5.82 Å². The largest absolute Gasteiger partial charge is 0.454 e. The Morgan fingerprint density at radius 2 is 2.12 bits per heavy atom. The Hall–Kier alpha value is -3.13. The maximum Gasteiger partial charge on any atom is 0.231 e. The molecule has 132 valence electrons. The summed E-state index contributed by atoms with van der Waals surface area (Å²) in [5, 5.41) is 8.56. The van der Waals surface area contributed by atoms with Crippen molar-refractivity contribution in [3.05, 3.63) is 53.2 Å². The second kappa shape index (κ2) is 7.01. The molecule has 0 saturated carbocycles. The highest BCUT2D eigenvalue weighted by molar-refractivity contribution is 7.13. The van der Waals surface area contributed by atoms with E-state index in [0.717, 1.165) is 11.4 Å². The van der Waals surface area contributed by atoms with Gasteiger partial charge in [-0.25, -0.2) is 9.97 Å². The van der Waals surface area contributed by atoms with E-state index < -0.39 is 0 Å². The number of fused-ring (bicyclic) bond motifs is 1. The number of nitrogens with zero attached hydrogens (tertiary/aromatic N) is 2. The van der Waals surface area contributed by atoms with E-state index in [1.165, 1.54) is 11.3 Å². The second-order valence-corrected chi connectivity index (χ2v) is 6.64. The molecule has 0 atom stereocenters. The summed E-state index contributed by atoms with van der Waals surface area (Å²) in [5.74, 6) is 1.90. The minimum Gasteiger partial charge on any atom is -0.454 e. The van der Waals surface area contributed by atoms with Crippen LogP contribution < -0.4 is 20.1 Å². The Morgan fingerprint density at radius 3 is 3.00 bits per heavy atom. The zero-order chi connectivity index (χ0) is 17.9. The van der Waals surface area contributed by atoms with Crippen LogP contribution in [-0.4, -0.2) is 22.7 Å². The van der Waals surface area contributed by atoms with Crippen molar-refractivity contribution in [2.24, 2.45) is 0 Å². The van der Waals surface area contributed by atoms with Gasteiger partial charge in [-0.1, -0.05) is 0 Å². The van der Waals surface area contributed by atoms with E-state index in [0.29, 0.717) is 28.0 Å². The first kappa shape index (κ1) is 16.3. The lowest BCUT2D eigenvalue weighted by molar-refractivity contribution is -0.115. The molecule has 2 aromatic heterocycles. The minimum atomic E-state index is -0.144. The van der Waals surface area contributed by atoms with E-state index >= 15 is 0 Å². The van der Waals surface area contributed by atoms with E-state index in [4.69, 9.17) is 9.47 Å². The maximum atomic E-state index is 12.2. The standard InChI is InChI=1S/C18H16N4O3S/c1-11-4-5-19-16(6-11)22-18-21-13(9-26-18)8-17(23)20-12-2-3-14-15(7-12)25-10-24-14/h2-7,9H,8,10H2,1H3,(H,20,23)(H,19,21,22). The number of carbonyl (C=O) groups excluding carboxylic acids is 1. The molecule has 0 spiro atoms. The zero-order valence-corrected chi connectivity index (χ0v) is 14.8. The van der Waals surface area contributed by atoms with Gasteiger partial charge in [-0.15, -0.1) is 11.3 Å². The van der Waals surface area contributed by atoms with Crippen LogP contribution in [0.4, 0.5) is 16.6 Å². The molecule has 3 aromatic rings. The third-order valence-electron chi connectivity index (χ3n) is 3.70. The van der Waals surface area contributed by atoms with Gasteiger partial charge in [-0.05, 0) is 36.8 Å². The first-order valence-electron chi connectivity index (χ1n) is 7.99. The fraction of sp³-hybridized carbons (Fsp3) is 0.167. The third kappa shape index (κ3) is 3.75. The topological polar surface area (TPSA) is 85.4 Å². The summed E-state index contributed by atoms with van der Waals surface area (Å²) in [6.45, 7) is 2.21. The number of amides is 1. The number of rotatable bonds is 5. The number of benzene rings is 1. The van der Waals surface area contributed by atoms with E-state index in [1.807, 2.05) is 24.4 Å². The lowest BCUT2D eigenvalue weighted by Crippen LogP contribution is -2.14. The van der Waals surface area contributed by atoms with Crippen LogP contribution in [-0.2, 0) is 11.2 Å². The number of pyridine rings is 1. The quantitative estimate of drug-likeness (QED) is 0.717. The van der Waals surface area contributed by atoms with Crippen molar-refractivity contribution in [1.82, 2.24) is 9.97 Å². The molecular formula is C18H16N4O3S. The number of nitrogens with one attached hydrogen (secondary N) is 2. The molecule has 0 saturated heterocycles. The number of hydrogen-bond acceptors (Lipinski definition) is 7. The van der Waals surface area contributed by atoms with Crippen LogP contribution in [0.3, 0.4) is 0 Å². The van der Waals surface area contributed by atoms with Crippen LogP contribution in [0, 0.1) is 6.92 Å². The summed E-state index contributed by atoms with van der Waals surface area (Å²) in [6.07, 6.45) is 1.93. The smallest absolute Gasteiger partial charge is 0.231 e. The summed E-state index contributed by atoms with van der Waals surface area (Å²) in [4.78, 5) is 20.9. The molecule has 0 aliphatic carbocycles. The molecule has 8 heteroatoms. The molecule has 1 aliphatic rings. The predicted molar refractivity (Wildman–Crippen MR) is 99.3 cm³/mol. The van der Waals surface area contributed by atoms with E-state index in [2.05, 4.69) is 20.6 Å². The zero-order valence-electron chi connectivity index (χ0n) is 14.0. The number of hydrogen-bond donors (Lipinski definition) is 2. The Morgan fingerprint density at radius 1 is 1.23 bits per heavy atom. The van der Waals surface area contributed by atoms with Crippen molar-refractivity contribution in [2.75, 3.05) is 17.4 Å². The van der Waals surface area contributed by atoms with Gasteiger partial charge in [0, 0.05) is 23.3 Å². The van der Waals surface area contributed by atoms with Crippen LogP contribution in [0.15, 0.2) is 41.9 Å². The molecule has 1 aliphatic heterocycles. The molecule has 0 radical (unpaired) electrons. The molecular weight excluding hydrogens is 352 g/mol. The van der Waals surface area contributed by atoms with Gasteiger partial charge in [0.2, 0.25) is 12.7 Å². The van der Waals surface area contributed by atoms with Gasteiger partial charge in [0.05, 0.1) is 12.1 Å². The van der Waals surface area contributed by atoms with Crippen molar-refractivity contribution >= 4 is 33.9 Å². The van der Waals surface area contributed by atoms with Crippen molar-refractivity contribution in [2.45, 2.75) is 13.3 Å². The van der Waals surface area contributed by atoms with Gasteiger partial charge >= 0.3 is 0 Å². The van der Waals surface area contributed by atoms with Crippen molar-refractivity contribution < 1.29 is 14.3 Å². The SMILES string of the molecule is Cc1ccnc(Nc2nc(CC(=O)Nc3ccc4c(c3)OCO4)cs2)c1. The van der Waals surface area contributed by atoms with Crippen LogP contribution in [0.25, 0.3) is 0 Å². The molecule has 3 heterocycles. The van der Waals surface area contributed by atoms with E-state index in [-0.39, 0.29) is 19.1 Å². The Bertz CT molecular complexity index is 957. The molecule has 2 N–H and O–H groups in total. The monoisotopic (exact) mass is 368 g/mol. The first-order chi connectivity index (χ1) is 12.7. The second-order valence-electron chi connectivity index (χ2n) is 5.78. The van der Waals surface area contributed by atoms with Crippen molar-refractivity contribution in [1.29, 1.82) is 0 Å². The molecule has 1 aromatic carbocycles. The average molecular weight is 368 g/mol. The van der Waals surface area contributed by atoms with E-state index in [9.17, 15) is 4.79 Å². The van der Waals surface area contributed by atoms with Gasteiger partial charge in [-0.2, -0.15) is 0 Å². The van der Waals surface area contributed by atoms with E-state index in [1.54, 1.807) is 24.4 Å². The summed E-state index contributed by atoms with van der Waals surface area (Å²) in [7, 11) is 0. The summed E-state index contributed by atoms with van der Waals surface area (Å²) in [5.41, 5.74) is 2.47. The number of thiazole rings is 1. The highest BCUT2D eigenvalue weighted by Gasteiger charge is 2.15. The van der Waals surface area contributed by atoms with Crippen LogP contribution in [0.5, 0.6) is 11.5 Å². The number of carbonyl (C=O) groups is 1. The predicted octanol–water partition coefficient (Wildman–Crippen LogP) is 3.50. The number of aryl methyl sites for hydroxylation is 1. The minimum absolute atomic E-state index is 0.144. The van der Waals surface area contributed by atoms with Gasteiger partial charge in [0.15, 0.2) is 16.6 Å². The lowest BCUT2D eigenvalue weighted by Gasteiger charge is -2.05. The molecule has 1 amide bonds. The Kier molecular flexibility index (Phi) is 4.40. The van der Waals surface area contributed by atoms with Crippen molar-refractivity contribution in [3.63, 3.8) is 0 Å². The Balaban J connectivity index is 1.37. The van der Waals surface area contributed by atoms with Crippen LogP contribution in [0.2, 0.25) is 0 Å². The summed E-state index contributed by atoms with van der Waals surface area (Å²) in [6, 6.07) is 9.17. The highest BCUT2D eigenvalue weighted by Crippen LogP contribution is 2.34. The van der Waals surface area contributed by atoms with Gasteiger partial charge in [-0.3, -0.25) is 4.79 Å². The third-order valence-corrected chi connectivity index (χ3v) is 4.51. The van der Waals surface area contributed by atoms with Crippen LogP contribution in [0.1, 0.15) is 11.3 Å². The molecule has 0 fully saturated rings. The molecule has 0 bridgehead atoms. The lowest BCUT2D eigenvalue weighted by atomic mass is 10.2. The number of aromatic nitrogens is 2. The number of anilines is 3. The number of ether oxygens (including phenoxy) is 2. The first-order valence-corrected chi connectivity index (χ1v) is 8.87. The fourth-order valence-corrected chi connectivity index (χ4v) is 3.22. The Labute approximate surface area is 154 Å². The normalized spacial score (nSPS) is 12.0. The van der Waals surface area contributed by atoms with Crippen LogP contribution >= 0.6 is 11.3 Å².